The van der Waals surface area contributed by atoms with Crippen molar-refractivity contribution in [2.24, 2.45) is 0 Å². The predicted octanol–water partition coefficient (Wildman–Crippen LogP) is 3.84. The second kappa shape index (κ2) is 7.36. The van der Waals surface area contributed by atoms with Gasteiger partial charge in [-0.2, -0.15) is 13.2 Å². The molecule has 0 aliphatic carbocycles. The lowest BCUT2D eigenvalue weighted by atomic mass is 9.96. The first kappa shape index (κ1) is 19.5. The smallest absolute Gasteiger partial charge is 0.356 e. The minimum absolute atomic E-state index is 0.0997. The number of halogens is 3. The van der Waals surface area contributed by atoms with Crippen LogP contribution < -0.4 is 0 Å². The molecule has 1 amide bonds. The van der Waals surface area contributed by atoms with Gasteiger partial charge >= 0.3 is 6.18 Å². The molecular weight excluding hydrogens is 411 g/mol. The van der Waals surface area contributed by atoms with Gasteiger partial charge in [-0.3, -0.25) is 9.20 Å². The average molecular weight is 429 g/mol. The number of carbonyl (C=O) groups excluding carboxylic acids is 1. The van der Waals surface area contributed by atoms with Gasteiger partial charge < -0.3 is 9.42 Å². The number of likely N-dealkylation sites (tertiary alicyclic amines) is 1. The standard InChI is InChI=1S/C21H18F3N5O2/c22-21(23,24)14-7-8-18-25-26-20(29(18)12-14)13-4-3-9-28(11-13)19(30)10-16-15-5-1-2-6-17(15)31-27-16/h1-2,5-8,12-13H,3-4,9-11H2. The van der Waals surface area contributed by atoms with E-state index in [1.807, 2.05) is 18.2 Å². The molecule has 31 heavy (non-hydrogen) atoms. The molecule has 1 aromatic carbocycles. The summed E-state index contributed by atoms with van der Waals surface area (Å²) in [4.78, 5) is 14.6. The van der Waals surface area contributed by atoms with E-state index >= 15 is 0 Å². The molecule has 0 bridgehead atoms. The largest absolute Gasteiger partial charge is 0.417 e. The van der Waals surface area contributed by atoms with Crippen molar-refractivity contribution in [3.05, 3.63) is 59.7 Å². The van der Waals surface area contributed by atoms with Gasteiger partial charge in [-0.25, -0.2) is 0 Å². The van der Waals surface area contributed by atoms with Crippen LogP contribution in [0.5, 0.6) is 0 Å². The fourth-order valence-corrected chi connectivity index (χ4v) is 4.09. The Morgan fingerprint density at radius 3 is 2.84 bits per heavy atom. The lowest BCUT2D eigenvalue weighted by Crippen LogP contribution is -2.40. The van der Waals surface area contributed by atoms with Gasteiger partial charge in [-0.1, -0.05) is 17.3 Å². The molecule has 4 aromatic rings. The molecule has 3 aromatic heterocycles. The number of hydrogen-bond donors (Lipinski definition) is 0. The lowest BCUT2D eigenvalue weighted by Gasteiger charge is -2.32. The Balaban J connectivity index is 1.37. The fourth-order valence-electron chi connectivity index (χ4n) is 4.09. The lowest BCUT2D eigenvalue weighted by molar-refractivity contribution is -0.137. The van der Waals surface area contributed by atoms with Crippen molar-refractivity contribution in [2.45, 2.75) is 31.4 Å². The van der Waals surface area contributed by atoms with Crippen molar-refractivity contribution in [2.75, 3.05) is 13.1 Å². The van der Waals surface area contributed by atoms with Gasteiger partial charge in [0.1, 0.15) is 11.5 Å². The van der Waals surface area contributed by atoms with Crippen LogP contribution in [0.15, 0.2) is 47.1 Å². The van der Waals surface area contributed by atoms with E-state index in [1.54, 1.807) is 11.0 Å². The van der Waals surface area contributed by atoms with E-state index in [4.69, 9.17) is 4.52 Å². The summed E-state index contributed by atoms with van der Waals surface area (Å²) in [5.74, 6) is 0.129. The first-order chi connectivity index (χ1) is 14.9. The molecule has 1 aliphatic rings. The molecule has 7 nitrogen and oxygen atoms in total. The summed E-state index contributed by atoms with van der Waals surface area (Å²) in [6.45, 7) is 0.946. The van der Waals surface area contributed by atoms with Gasteiger partial charge in [0.15, 0.2) is 11.2 Å². The fraction of sp³-hybridized carbons (Fsp3) is 0.333. The maximum absolute atomic E-state index is 13.1. The summed E-state index contributed by atoms with van der Waals surface area (Å²) < 4.78 is 46.1. The maximum atomic E-state index is 13.1. The Kier molecular flexibility index (Phi) is 4.64. The Morgan fingerprint density at radius 2 is 2.00 bits per heavy atom. The van der Waals surface area contributed by atoms with Crippen LogP contribution in [0, 0.1) is 0 Å². The zero-order chi connectivity index (χ0) is 21.6. The molecule has 1 aliphatic heterocycles. The van der Waals surface area contributed by atoms with Crippen LogP contribution in [-0.2, 0) is 17.4 Å². The van der Waals surface area contributed by atoms with E-state index in [0.717, 1.165) is 24.1 Å². The van der Waals surface area contributed by atoms with E-state index in [2.05, 4.69) is 15.4 Å². The number of carbonyl (C=O) groups is 1. The molecule has 1 saturated heterocycles. The van der Waals surface area contributed by atoms with Crippen molar-refractivity contribution in [3.63, 3.8) is 0 Å². The molecule has 0 radical (unpaired) electrons. The summed E-state index contributed by atoms with van der Waals surface area (Å²) in [7, 11) is 0. The molecule has 0 spiro atoms. The summed E-state index contributed by atoms with van der Waals surface area (Å²) in [6.07, 6.45) is -1.89. The quantitative estimate of drug-likeness (QED) is 0.495. The van der Waals surface area contributed by atoms with Crippen LogP contribution in [0.1, 0.15) is 35.8 Å². The first-order valence-electron chi connectivity index (χ1n) is 9.93. The molecule has 10 heteroatoms. The van der Waals surface area contributed by atoms with E-state index in [-0.39, 0.29) is 18.2 Å². The van der Waals surface area contributed by atoms with Crippen LogP contribution in [0.2, 0.25) is 0 Å². The van der Waals surface area contributed by atoms with Crippen LogP contribution >= 0.6 is 0 Å². The van der Waals surface area contributed by atoms with Gasteiger partial charge in [0.25, 0.3) is 0 Å². The second-order valence-corrected chi connectivity index (χ2v) is 7.68. The number of para-hydroxylation sites is 1. The monoisotopic (exact) mass is 429 g/mol. The number of benzene rings is 1. The number of hydrogen-bond acceptors (Lipinski definition) is 5. The van der Waals surface area contributed by atoms with Crippen molar-refractivity contribution in [1.29, 1.82) is 0 Å². The molecule has 5 rings (SSSR count). The highest BCUT2D eigenvalue weighted by molar-refractivity contribution is 5.86. The number of alkyl halides is 3. The first-order valence-corrected chi connectivity index (χ1v) is 9.93. The summed E-state index contributed by atoms with van der Waals surface area (Å²) in [5.41, 5.74) is 0.783. The summed E-state index contributed by atoms with van der Waals surface area (Å²) in [6, 6.07) is 9.64. The Morgan fingerprint density at radius 1 is 1.16 bits per heavy atom. The number of fused-ring (bicyclic) bond motifs is 2. The minimum atomic E-state index is -4.45. The van der Waals surface area contributed by atoms with Gasteiger partial charge in [0.2, 0.25) is 5.91 Å². The van der Waals surface area contributed by atoms with Crippen LogP contribution in [0.4, 0.5) is 13.2 Å². The molecule has 1 unspecified atom stereocenters. The van der Waals surface area contributed by atoms with Gasteiger partial charge in [0, 0.05) is 30.6 Å². The highest BCUT2D eigenvalue weighted by atomic mass is 19.4. The molecule has 0 N–H and O–H groups in total. The second-order valence-electron chi connectivity index (χ2n) is 7.68. The zero-order valence-corrected chi connectivity index (χ0v) is 16.3. The maximum Gasteiger partial charge on any atom is 0.417 e. The predicted molar refractivity (Wildman–Crippen MR) is 104 cm³/mol. The van der Waals surface area contributed by atoms with Crippen LogP contribution in [0.25, 0.3) is 16.6 Å². The van der Waals surface area contributed by atoms with Crippen molar-refractivity contribution >= 4 is 22.5 Å². The number of nitrogens with zero attached hydrogens (tertiary/aromatic N) is 5. The Hall–Kier alpha value is -3.43. The van der Waals surface area contributed by atoms with Crippen LogP contribution in [0.3, 0.4) is 0 Å². The molecular formula is C21H18F3N5O2. The van der Waals surface area contributed by atoms with E-state index in [1.165, 1.54) is 10.5 Å². The normalized spacial score (nSPS) is 17.5. The molecule has 1 fully saturated rings. The molecule has 1 atom stereocenters. The molecule has 160 valence electrons. The van der Waals surface area contributed by atoms with Crippen molar-refractivity contribution < 1.29 is 22.5 Å². The minimum Gasteiger partial charge on any atom is -0.356 e. The third-order valence-corrected chi connectivity index (χ3v) is 5.67. The molecule has 0 saturated carbocycles. The Labute approximate surface area is 174 Å². The number of aromatic nitrogens is 4. The SMILES string of the molecule is O=C(Cc1noc2ccccc12)N1CCCC(c2nnc3ccc(C(F)(F)F)cn23)C1. The van der Waals surface area contributed by atoms with Crippen molar-refractivity contribution in [1.82, 2.24) is 24.7 Å². The number of pyridine rings is 1. The molecule has 4 heterocycles. The van der Waals surface area contributed by atoms with Crippen LogP contribution in [-0.4, -0.2) is 43.7 Å². The van der Waals surface area contributed by atoms with Crippen molar-refractivity contribution in [3.8, 4) is 0 Å². The number of piperidine rings is 1. The third kappa shape index (κ3) is 3.62. The van der Waals surface area contributed by atoms with Gasteiger partial charge in [-0.15, -0.1) is 10.2 Å². The highest BCUT2D eigenvalue weighted by Gasteiger charge is 2.33. The van der Waals surface area contributed by atoms with E-state index in [9.17, 15) is 18.0 Å². The topological polar surface area (TPSA) is 76.5 Å². The van der Waals surface area contributed by atoms with E-state index in [0.29, 0.717) is 42.3 Å². The Bertz CT molecular complexity index is 1260. The summed E-state index contributed by atoms with van der Waals surface area (Å²) >= 11 is 0. The third-order valence-electron chi connectivity index (χ3n) is 5.67. The number of rotatable bonds is 3. The summed E-state index contributed by atoms with van der Waals surface area (Å²) in [5, 5.41) is 13.0. The number of amides is 1. The van der Waals surface area contributed by atoms with E-state index < -0.39 is 11.7 Å². The van der Waals surface area contributed by atoms with Gasteiger partial charge in [0.05, 0.1) is 12.0 Å². The zero-order valence-electron chi connectivity index (χ0n) is 16.3. The highest BCUT2D eigenvalue weighted by Crippen LogP contribution is 2.31. The van der Waals surface area contributed by atoms with Gasteiger partial charge in [-0.05, 0) is 37.1 Å². The average Bonchev–Trinajstić information content (AvgIpc) is 3.37.